The van der Waals surface area contributed by atoms with E-state index in [0.29, 0.717) is 0 Å². The summed E-state index contributed by atoms with van der Waals surface area (Å²) in [4.78, 5) is 0. The number of para-hydroxylation sites is 2. The molecule has 1 aromatic heterocycles. The Morgan fingerprint density at radius 1 is 0.298 bits per heavy atom. The lowest BCUT2D eigenvalue weighted by molar-refractivity contribution is 0.670. The summed E-state index contributed by atoms with van der Waals surface area (Å²) >= 11 is 0. The molecule has 10 aromatic rings. The van der Waals surface area contributed by atoms with E-state index in [1.54, 1.807) is 0 Å². The van der Waals surface area contributed by atoms with Crippen molar-refractivity contribution in [2.45, 2.75) is 0 Å². The van der Waals surface area contributed by atoms with E-state index in [4.69, 9.17) is 4.42 Å². The smallest absolute Gasteiger partial charge is 0.143 e. The molecule has 1 heterocycles. The van der Waals surface area contributed by atoms with Crippen molar-refractivity contribution < 1.29 is 4.42 Å². The molecule has 0 aliphatic heterocycles. The second kappa shape index (κ2) is 10.2. The lowest BCUT2D eigenvalue weighted by Gasteiger charge is -2.18. The fraction of sp³-hybridized carbons (Fsp3) is 0. The number of fused-ring (bicyclic) bond motifs is 3. The number of hydrogen-bond acceptors (Lipinski definition) is 1. The van der Waals surface area contributed by atoms with E-state index in [9.17, 15) is 0 Å². The maximum Gasteiger partial charge on any atom is 0.143 e. The highest BCUT2D eigenvalue weighted by atomic mass is 16.3. The van der Waals surface area contributed by atoms with Crippen molar-refractivity contribution in [3.63, 3.8) is 0 Å². The molecule has 47 heavy (non-hydrogen) atoms. The summed E-state index contributed by atoms with van der Waals surface area (Å²) in [6, 6.07) is 61.5. The molecule has 0 aliphatic rings. The Kier molecular flexibility index (Phi) is 5.64. The topological polar surface area (TPSA) is 13.1 Å². The van der Waals surface area contributed by atoms with Crippen LogP contribution in [-0.4, -0.2) is 0 Å². The highest BCUT2D eigenvalue weighted by Crippen LogP contribution is 2.45. The average Bonchev–Trinajstić information content (AvgIpc) is 3.53. The quantitative estimate of drug-likeness (QED) is 0.184. The second-order valence-corrected chi connectivity index (χ2v) is 12.4. The Bertz CT molecular complexity index is 2780. The van der Waals surface area contributed by atoms with Gasteiger partial charge in [0.2, 0.25) is 0 Å². The van der Waals surface area contributed by atoms with Gasteiger partial charge in [-0.15, -0.1) is 0 Å². The highest BCUT2D eigenvalue weighted by Gasteiger charge is 2.17. The van der Waals surface area contributed by atoms with Crippen molar-refractivity contribution in [3.8, 4) is 44.5 Å². The summed E-state index contributed by atoms with van der Waals surface area (Å²) in [5.41, 5.74) is 11.5. The monoisotopic (exact) mass is 596 g/mol. The minimum Gasteiger partial charge on any atom is -0.455 e. The summed E-state index contributed by atoms with van der Waals surface area (Å²) in [6.07, 6.45) is 0. The third-order valence-electron chi connectivity index (χ3n) is 9.86. The largest absolute Gasteiger partial charge is 0.455 e. The Morgan fingerprint density at radius 2 is 0.851 bits per heavy atom. The van der Waals surface area contributed by atoms with Gasteiger partial charge in [0, 0.05) is 16.3 Å². The summed E-state index contributed by atoms with van der Waals surface area (Å²) in [7, 11) is 0. The van der Waals surface area contributed by atoms with E-state index >= 15 is 0 Å². The molecule has 10 rings (SSSR count). The molecular weight excluding hydrogens is 569 g/mol. The molecule has 0 fully saturated rings. The molecule has 0 spiro atoms. The van der Waals surface area contributed by atoms with Crippen LogP contribution in [0.15, 0.2) is 174 Å². The summed E-state index contributed by atoms with van der Waals surface area (Å²) in [5.74, 6) is 0. The molecule has 0 N–H and O–H groups in total. The van der Waals surface area contributed by atoms with Gasteiger partial charge in [0.15, 0.2) is 0 Å². The van der Waals surface area contributed by atoms with Crippen molar-refractivity contribution in [2.75, 3.05) is 0 Å². The molecule has 0 atom stereocenters. The van der Waals surface area contributed by atoms with Crippen LogP contribution < -0.4 is 0 Å². The SMILES string of the molecule is c1ccc(-c2ccccc2-c2ccc3ccc4c(-c5cccc(-c6cccc7c6oc6ccccc67)c5)ccc5ccc2c3c54)cc1. The van der Waals surface area contributed by atoms with E-state index in [2.05, 4.69) is 158 Å². The van der Waals surface area contributed by atoms with Crippen LogP contribution in [0.3, 0.4) is 0 Å². The van der Waals surface area contributed by atoms with E-state index < -0.39 is 0 Å². The molecule has 0 amide bonds. The van der Waals surface area contributed by atoms with Crippen LogP contribution in [0.4, 0.5) is 0 Å². The summed E-state index contributed by atoms with van der Waals surface area (Å²) < 4.78 is 6.42. The van der Waals surface area contributed by atoms with Crippen LogP contribution in [0.5, 0.6) is 0 Å². The summed E-state index contributed by atoms with van der Waals surface area (Å²) in [5, 5.41) is 10.0. The molecule has 0 saturated heterocycles. The van der Waals surface area contributed by atoms with Gasteiger partial charge >= 0.3 is 0 Å². The van der Waals surface area contributed by atoms with Gasteiger partial charge < -0.3 is 4.42 Å². The van der Waals surface area contributed by atoms with E-state index in [0.717, 1.165) is 33.1 Å². The van der Waals surface area contributed by atoms with Crippen molar-refractivity contribution >= 4 is 54.3 Å². The number of benzene rings is 9. The van der Waals surface area contributed by atoms with E-state index in [1.165, 1.54) is 65.7 Å². The van der Waals surface area contributed by atoms with Gasteiger partial charge in [0.1, 0.15) is 11.2 Å². The molecule has 218 valence electrons. The molecule has 0 radical (unpaired) electrons. The molecule has 1 heteroatoms. The minimum atomic E-state index is 0.920. The van der Waals surface area contributed by atoms with Crippen LogP contribution in [0.2, 0.25) is 0 Å². The van der Waals surface area contributed by atoms with E-state index in [1.807, 2.05) is 12.1 Å². The van der Waals surface area contributed by atoms with Gasteiger partial charge in [-0.1, -0.05) is 158 Å². The van der Waals surface area contributed by atoms with Crippen molar-refractivity contribution in [1.82, 2.24) is 0 Å². The maximum absolute atomic E-state index is 6.42. The zero-order valence-electron chi connectivity index (χ0n) is 25.6. The lowest BCUT2D eigenvalue weighted by atomic mass is 9.85. The number of rotatable bonds is 4. The van der Waals surface area contributed by atoms with Crippen LogP contribution in [0, 0.1) is 0 Å². The third-order valence-corrected chi connectivity index (χ3v) is 9.86. The van der Waals surface area contributed by atoms with Crippen molar-refractivity contribution in [2.24, 2.45) is 0 Å². The first-order valence-corrected chi connectivity index (χ1v) is 16.2. The third kappa shape index (κ3) is 3.97. The second-order valence-electron chi connectivity index (χ2n) is 12.4. The molecule has 0 bridgehead atoms. The van der Waals surface area contributed by atoms with E-state index in [-0.39, 0.29) is 0 Å². The maximum atomic E-state index is 6.42. The van der Waals surface area contributed by atoms with Crippen LogP contribution in [-0.2, 0) is 0 Å². The zero-order chi connectivity index (χ0) is 30.9. The summed E-state index contributed by atoms with van der Waals surface area (Å²) in [6.45, 7) is 0. The molecular formula is C46H28O. The van der Waals surface area contributed by atoms with Gasteiger partial charge in [-0.05, 0) is 83.4 Å². The first-order valence-electron chi connectivity index (χ1n) is 16.2. The first kappa shape index (κ1) is 26.1. The van der Waals surface area contributed by atoms with Gasteiger partial charge in [-0.3, -0.25) is 0 Å². The molecule has 0 unspecified atom stereocenters. The normalized spacial score (nSPS) is 11.8. The van der Waals surface area contributed by atoms with Gasteiger partial charge in [0.25, 0.3) is 0 Å². The highest BCUT2D eigenvalue weighted by molar-refractivity contribution is 6.28. The Balaban J connectivity index is 1.17. The molecule has 9 aromatic carbocycles. The first-order chi connectivity index (χ1) is 23.3. The average molecular weight is 597 g/mol. The lowest BCUT2D eigenvalue weighted by Crippen LogP contribution is -1.91. The van der Waals surface area contributed by atoms with Crippen LogP contribution in [0.25, 0.3) is 98.8 Å². The van der Waals surface area contributed by atoms with Gasteiger partial charge in [-0.25, -0.2) is 0 Å². The van der Waals surface area contributed by atoms with Crippen molar-refractivity contribution in [3.05, 3.63) is 170 Å². The standard InChI is InChI=1S/C46H28O/c1-2-10-29(11-3-1)34-14-4-5-15-37(34)38-25-21-31-22-26-40-35(24-20-30-23-27-41(38)45(31)44(30)40)32-12-8-13-33(28-32)36-17-9-18-42-39-16-6-7-19-43(39)47-46(36)42/h1-28H. The van der Waals surface area contributed by atoms with Crippen molar-refractivity contribution in [1.29, 1.82) is 0 Å². The molecule has 1 nitrogen and oxygen atoms in total. The molecule has 0 aliphatic carbocycles. The fourth-order valence-corrected chi connectivity index (χ4v) is 7.70. The minimum absolute atomic E-state index is 0.920. The number of furan rings is 1. The van der Waals surface area contributed by atoms with Gasteiger partial charge in [0.05, 0.1) is 0 Å². The zero-order valence-corrected chi connectivity index (χ0v) is 25.6. The van der Waals surface area contributed by atoms with Gasteiger partial charge in [-0.2, -0.15) is 0 Å². The Hall–Kier alpha value is -6.18. The predicted octanol–water partition coefficient (Wildman–Crippen LogP) is 13.2. The van der Waals surface area contributed by atoms with Crippen LogP contribution in [0.1, 0.15) is 0 Å². The molecule has 0 saturated carbocycles. The predicted molar refractivity (Wildman–Crippen MR) is 199 cm³/mol. The Labute approximate surface area is 272 Å². The fourth-order valence-electron chi connectivity index (χ4n) is 7.70. The number of hydrogen-bond donors (Lipinski definition) is 0. The Morgan fingerprint density at radius 3 is 1.66 bits per heavy atom. The van der Waals surface area contributed by atoms with Crippen LogP contribution >= 0.6 is 0 Å².